The Labute approximate surface area is 113 Å². The molecule has 0 radical (unpaired) electrons. The molecule has 0 spiro atoms. The van der Waals surface area contributed by atoms with Gasteiger partial charge in [-0.05, 0) is 30.7 Å². The number of aliphatic hydroxyl groups excluding tert-OH is 1. The van der Waals surface area contributed by atoms with Gasteiger partial charge < -0.3 is 10.0 Å². The van der Waals surface area contributed by atoms with E-state index in [2.05, 4.69) is 11.8 Å². The third-order valence-corrected chi connectivity index (χ3v) is 2.54. The Bertz CT molecular complexity index is 562. The summed E-state index contributed by atoms with van der Waals surface area (Å²) in [6, 6.07) is 7.35. The number of rotatable bonds is 3. The van der Waals surface area contributed by atoms with Crippen molar-refractivity contribution in [3.05, 3.63) is 34.9 Å². The summed E-state index contributed by atoms with van der Waals surface area (Å²) in [5.41, 5.74) is 2.18. The van der Waals surface area contributed by atoms with E-state index < -0.39 is 0 Å². The second-order valence-electron chi connectivity index (χ2n) is 4.18. The zero-order valence-electron chi connectivity index (χ0n) is 11.1. The molecule has 0 fully saturated rings. The topological polar surface area (TPSA) is 64.3 Å². The van der Waals surface area contributed by atoms with Gasteiger partial charge in [-0.25, -0.2) is 0 Å². The Morgan fingerprint density at radius 2 is 2.16 bits per heavy atom. The number of benzene rings is 1. The molecule has 4 nitrogen and oxygen atoms in total. The molecule has 98 valence electrons. The van der Waals surface area contributed by atoms with E-state index in [9.17, 15) is 4.79 Å². The molecule has 0 bridgehead atoms. The number of carbonyl (C=O) groups excluding carboxylic acids is 1. The lowest BCUT2D eigenvalue weighted by atomic mass is 10.1. The van der Waals surface area contributed by atoms with Gasteiger partial charge in [-0.1, -0.05) is 11.8 Å². The van der Waals surface area contributed by atoms with Gasteiger partial charge in [0.25, 0.3) is 5.91 Å². The van der Waals surface area contributed by atoms with Crippen molar-refractivity contribution in [3.63, 3.8) is 0 Å². The van der Waals surface area contributed by atoms with Gasteiger partial charge in [0.1, 0.15) is 6.61 Å². The first-order valence-electron chi connectivity index (χ1n) is 5.92. The van der Waals surface area contributed by atoms with Crippen LogP contribution in [0, 0.1) is 30.1 Å². The van der Waals surface area contributed by atoms with E-state index in [0.29, 0.717) is 24.1 Å². The fourth-order valence-corrected chi connectivity index (χ4v) is 1.66. The standard InChI is InChI=1S/C15H16N2O2/c1-12-9-13(5-3-8-18)11-14(10-12)15(19)17(2)7-4-6-16/h9-11,18H,4,7-8H2,1-2H3. The summed E-state index contributed by atoms with van der Waals surface area (Å²) in [4.78, 5) is 13.7. The molecule has 1 aromatic carbocycles. The van der Waals surface area contributed by atoms with Gasteiger partial charge in [-0.2, -0.15) is 5.26 Å². The Morgan fingerprint density at radius 3 is 2.79 bits per heavy atom. The van der Waals surface area contributed by atoms with Crippen LogP contribution in [0.3, 0.4) is 0 Å². The van der Waals surface area contributed by atoms with E-state index in [1.54, 1.807) is 19.2 Å². The third-order valence-electron chi connectivity index (χ3n) is 2.54. The second kappa shape index (κ2) is 7.20. The van der Waals surface area contributed by atoms with Gasteiger partial charge in [-0.15, -0.1) is 0 Å². The molecule has 0 heterocycles. The van der Waals surface area contributed by atoms with E-state index in [-0.39, 0.29) is 12.5 Å². The minimum absolute atomic E-state index is 0.133. The minimum Gasteiger partial charge on any atom is -0.384 e. The van der Waals surface area contributed by atoms with Crippen molar-refractivity contribution in [2.24, 2.45) is 0 Å². The molecule has 0 aliphatic rings. The first-order chi connectivity index (χ1) is 9.08. The molecule has 0 aliphatic heterocycles. The highest BCUT2D eigenvalue weighted by Gasteiger charge is 2.12. The molecule has 0 saturated carbocycles. The van der Waals surface area contributed by atoms with Gasteiger partial charge >= 0.3 is 0 Å². The summed E-state index contributed by atoms with van der Waals surface area (Å²) in [6.45, 7) is 2.08. The first kappa shape index (κ1) is 14.8. The third kappa shape index (κ3) is 4.46. The number of nitrogens with zero attached hydrogens (tertiary/aromatic N) is 2. The Morgan fingerprint density at radius 1 is 1.42 bits per heavy atom. The highest BCUT2D eigenvalue weighted by atomic mass is 16.2. The van der Waals surface area contributed by atoms with Crippen LogP contribution in [-0.2, 0) is 0 Å². The maximum Gasteiger partial charge on any atom is 0.253 e. The van der Waals surface area contributed by atoms with Crippen molar-refractivity contribution >= 4 is 5.91 Å². The lowest BCUT2D eigenvalue weighted by Crippen LogP contribution is -2.27. The number of aryl methyl sites for hydroxylation is 1. The van der Waals surface area contributed by atoms with E-state index in [0.717, 1.165) is 5.56 Å². The largest absolute Gasteiger partial charge is 0.384 e. The fourth-order valence-electron chi connectivity index (χ4n) is 1.66. The zero-order chi connectivity index (χ0) is 14.3. The smallest absolute Gasteiger partial charge is 0.253 e. The summed E-state index contributed by atoms with van der Waals surface area (Å²) < 4.78 is 0. The molecule has 0 aromatic heterocycles. The van der Waals surface area contributed by atoms with Crippen LogP contribution in [0.1, 0.15) is 27.9 Å². The van der Waals surface area contributed by atoms with Crippen LogP contribution in [-0.4, -0.2) is 36.1 Å². The molecule has 4 heteroatoms. The lowest BCUT2D eigenvalue weighted by molar-refractivity contribution is 0.0798. The Kier molecular flexibility index (Phi) is 5.60. The van der Waals surface area contributed by atoms with Crippen LogP contribution < -0.4 is 0 Å². The average molecular weight is 256 g/mol. The van der Waals surface area contributed by atoms with Crippen LogP contribution in [0.2, 0.25) is 0 Å². The molecule has 0 atom stereocenters. The van der Waals surface area contributed by atoms with Crippen LogP contribution in [0.15, 0.2) is 18.2 Å². The molecule has 1 amide bonds. The van der Waals surface area contributed by atoms with Crippen LogP contribution >= 0.6 is 0 Å². The van der Waals surface area contributed by atoms with Gasteiger partial charge in [0.2, 0.25) is 0 Å². The van der Waals surface area contributed by atoms with E-state index in [1.807, 2.05) is 19.1 Å². The zero-order valence-corrected chi connectivity index (χ0v) is 11.1. The Balaban J connectivity index is 2.97. The quantitative estimate of drug-likeness (QED) is 0.830. The monoisotopic (exact) mass is 256 g/mol. The summed E-state index contributed by atoms with van der Waals surface area (Å²) in [6.07, 6.45) is 0.311. The van der Waals surface area contributed by atoms with Crippen molar-refractivity contribution in [1.82, 2.24) is 4.90 Å². The molecule has 1 N–H and O–H groups in total. The number of hydrogen-bond acceptors (Lipinski definition) is 3. The molecular formula is C15H16N2O2. The summed E-state index contributed by atoms with van der Waals surface area (Å²) in [5.74, 6) is 5.22. The van der Waals surface area contributed by atoms with Gasteiger partial charge in [0, 0.05) is 24.7 Å². The lowest BCUT2D eigenvalue weighted by Gasteiger charge is -2.16. The normalized spacial score (nSPS) is 9.16. The minimum atomic E-state index is -0.209. The van der Waals surface area contributed by atoms with Crippen molar-refractivity contribution in [3.8, 4) is 17.9 Å². The number of amides is 1. The summed E-state index contributed by atoms with van der Waals surface area (Å²) >= 11 is 0. The molecule has 0 unspecified atom stereocenters. The molecule has 1 rings (SSSR count). The van der Waals surface area contributed by atoms with E-state index in [4.69, 9.17) is 10.4 Å². The van der Waals surface area contributed by atoms with Crippen LogP contribution in [0.25, 0.3) is 0 Å². The number of carbonyl (C=O) groups is 1. The number of hydrogen-bond donors (Lipinski definition) is 1. The van der Waals surface area contributed by atoms with Gasteiger partial charge in [0.15, 0.2) is 0 Å². The average Bonchev–Trinajstić information content (AvgIpc) is 2.41. The van der Waals surface area contributed by atoms with Crippen molar-refractivity contribution in [2.75, 3.05) is 20.2 Å². The van der Waals surface area contributed by atoms with Crippen LogP contribution in [0.4, 0.5) is 0 Å². The number of nitriles is 1. The highest BCUT2D eigenvalue weighted by molar-refractivity contribution is 5.94. The Hall–Kier alpha value is -2.30. The molecular weight excluding hydrogens is 240 g/mol. The van der Waals surface area contributed by atoms with Gasteiger partial charge in [-0.3, -0.25) is 4.79 Å². The van der Waals surface area contributed by atoms with Crippen LogP contribution in [0.5, 0.6) is 0 Å². The maximum atomic E-state index is 12.1. The maximum absolute atomic E-state index is 12.1. The SMILES string of the molecule is Cc1cc(C#CCO)cc(C(=O)N(C)CCC#N)c1. The molecule has 1 aromatic rings. The second-order valence-corrected chi connectivity index (χ2v) is 4.18. The molecule has 0 saturated heterocycles. The first-order valence-corrected chi connectivity index (χ1v) is 5.92. The fraction of sp³-hybridized carbons (Fsp3) is 0.333. The molecule has 0 aliphatic carbocycles. The predicted octanol–water partition coefficient (Wildman–Crippen LogP) is 1.32. The van der Waals surface area contributed by atoms with Crippen molar-refractivity contribution in [2.45, 2.75) is 13.3 Å². The van der Waals surface area contributed by atoms with Gasteiger partial charge in [0.05, 0.1) is 12.5 Å². The van der Waals surface area contributed by atoms with Crippen molar-refractivity contribution < 1.29 is 9.90 Å². The highest BCUT2D eigenvalue weighted by Crippen LogP contribution is 2.11. The van der Waals surface area contributed by atoms with E-state index >= 15 is 0 Å². The predicted molar refractivity (Wildman–Crippen MR) is 72.3 cm³/mol. The summed E-state index contributed by atoms with van der Waals surface area (Å²) in [5, 5.41) is 17.2. The summed E-state index contributed by atoms with van der Waals surface area (Å²) in [7, 11) is 1.67. The molecule has 19 heavy (non-hydrogen) atoms. The van der Waals surface area contributed by atoms with E-state index in [1.165, 1.54) is 4.90 Å². The van der Waals surface area contributed by atoms with Crippen molar-refractivity contribution in [1.29, 1.82) is 5.26 Å². The number of aliphatic hydroxyl groups is 1.